The van der Waals surface area contributed by atoms with E-state index in [1.54, 1.807) is 13.3 Å². The quantitative estimate of drug-likeness (QED) is 0.466. The van der Waals surface area contributed by atoms with Crippen molar-refractivity contribution < 1.29 is 14.3 Å². The van der Waals surface area contributed by atoms with Gasteiger partial charge in [0.15, 0.2) is 0 Å². The van der Waals surface area contributed by atoms with Gasteiger partial charge in [0.05, 0.1) is 30.3 Å². The molecule has 2 atom stereocenters. The lowest BCUT2D eigenvalue weighted by Gasteiger charge is -2.39. The Morgan fingerprint density at radius 2 is 1.76 bits per heavy atom. The van der Waals surface area contributed by atoms with E-state index in [4.69, 9.17) is 4.74 Å². The summed E-state index contributed by atoms with van der Waals surface area (Å²) in [6.45, 7) is 12.7. The summed E-state index contributed by atoms with van der Waals surface area (Å²) in [6.07, 6.45) is 2.19. The van der Waals surface area contributed by atoms with Gasteiger partial charge in [0.2, 0.25) is 5.91 Å². The first-order chi connectivity index (χ1) is 17.4. The number of urea groups is 1. The van der Waals surface area contributed by atoms with Crippen LogP contribution in [0.1, 0.15) is 47.1 Å². The van der Waals surface area contributed by atoms with Gasteiger partial charge in [-0.2, -0.15) is 0 Å². The predicted molar refractivity (Wildman–Crippen MR) is 148 cm³/mol. The smallest absolute Gasteiger partial charge is 0.321 e. The minimum atomic E-state index is -0.499. The van der Waals surface area contributed by atoms with Crippen molar-refractivity contribution in [1.29, 1.82) is 0 Å². The number of carbonyl (C=O) groups is 2. The molecule has 1 aliphatic rings. The number of amides is 3. The number of ether oxygens (including phenoxy) is 1. The molecule has 1 saturated heterocycles. The molecule has 0 spiro atoms. The summed E-state index contributed by atoms with van der Waals surface area (Å²) >= 11 is 0. The van der Waals surface area contributed by atoms with Crippen molar-refractivity contribution in [2.45, 2.75) is 65.1 Å². The van der Waals surface area contributed by atoms with E-state index in [2.05, 4.69) is 10.3 Å². The average Bonchev–Trinajstić information content (AvgIpc) is 3.20. The van der Waals surface area contributed by atoms with E-state index >= 15 is 0 Å². The van der Waals surface area contributed by atoms with Crippen LogP contribution >= 0.6 is 0 Å². The average molecular weight is 503 g/mol. The number of nitrogens with zero attached hydrogens (tertiary/aromatic N) is 3. The third-order valence-corrected chi connectivity index (χ3v) is 6.95. The van der Waals surface area contributed by atoms with Crippen LogP contribution in [0.4, 0.5) is 10.5 Å². The number of methoxy groups -OCH3 is 1. The van der Waals surface area contributed by atoms with Crippen LogP contribution in [0, 0.1) is 5.92 Å². The Balaban J connectivity index is 1.76. The molecular weight excluding hydrogens is 464 g/mol. The Morgan fingerprint density at radius 1 is 1.05 bits per heavy atom. The van der Waals surface area contributed by atoms with Gasteiger partial charge in [-0.1, -0.05) is 30.3 Å². The second-order valence-corrected chi connectivity index (χ2v) is 11.7. The Morgan fingerprint density at radius 3 is 2.43 bits per heavy atom. The second kappa shape index (κ2) is 10.0. The summed E-state index contributed by atoms with van der Waals surface area (Å²) in [7, 11) is 1.63. The van der Waals surface area contributed by atoms with Crippen LogP contribution in [0.15, 0.2) is 60.8 Å². The zero-order valence-electron chi connectivity index (χ0n) is 22.9. The van der Waals surface area contributed by atoms with Crippen LogP contribution in [-0.4, -0.2) is 57.5 Å². The van der Waals surface area contributed by atoms with Crippen molar-refractivity contribution >= 4 is 28.5 Å². The standard InChI is InChI=1S/C30H38N4O3/c1-29(2,3)33-19-25(34(28(33)36)30(4,5)6)23(18-20-11-8-14-22(17-20)37-7)27(35)32-24-15-9-12-21-13-10-16-31-26(21)24/h8-17,23,25H,18-19H2,1-7H3,(H,32,35). The van der Waals surface area contributed by atoms with Crippen LogP contribution in [0.3, 0.4) is 0 Å². The van der Waals surface area contributed by atoms with Gasteiger partial charge >= 0.3 is 6.03 Å². The van der Waals surface area contributed by atoms with Crippen LogP contribution < -0.4 is 10.1 Å². The molecule has 7 heteroatoms. The molecule has 1 aliphatic heterocycles. The molecule has 2 heterocycles. The van der Waals surface area contributed by atoms with Gasteiger partial charge in [0.25, 0.3) is 0 Å². The monoisotopic (exact) mass is 502 g/mol. The number of anilines is 1. The molecule has 3 aromatic rings. The van der Waals surface area contributed by atoms with Gasteiger partial charge < -0.3 is 19.9 Å². The molecule has 1 aromatic heterocycles. The Hall–Kier alpha value is -3.61. The molecule has 0 saturated carbocycles. The Bertz CT molecular complexity index is 1290. The van der Waals surface area contributed by atoms with Gasteiger partial charge in [-0.15, -0.1) is 0 Å². The normalized spacial score (nSPS) is 17.3. The van der Waals surface area contributed by atoms with Crippen molar-refractivity contribution in [3.05, 3.63) is 66.4 Å². The number of rotatable bonds is 6. The number of fused-ring (bicyclic) bond motifs is 1. The molecule has 0 radical (unpaired) electrons. The fourth-order valence-corrected chi connectivity index (χ4v) is 5.16. The molecule has 1 fully saturated rings. The van der Waals surface area contributed by atoms with Crippen molar-refractivity contribution in [3.8, 4) is 5.75 Å². The minimum absolute atomic E-state index is 0.0414. The number of nitrogens with one attached hydrogen (secondary N) is 1. The maximum atomic E-state index is 14.1. The number of hydrogen-bond donors (Lipinski definition) is 1. The molecule has 2 aromatic carbocycles. The lowest BCUT2D eigenvalue weighted by molar-refractivity contribution is -0.121. The van der Waals surface area contributed by atoms with Gasteiger partial charge in [-0.3, -0.25) is 9.78 Å². The Labute approximate surface area is 219 Å². The molecule has 2 unspecified atom stereocenters. The maximum Gasteiger partial charge on any atom is 0.321 e. The zero-order chi connectivity index (χ0) is 27.0. The van der Waals surface area contributed by atoms with E-state index in [9.17, 15) is 9.59 Å². The van der Waals surface area contributed by atoms with Crippen LogP contribution in [-0.2, 0) is 11.2 Å². The number of hydrogen-bond acceptors (Lipinski definition) is 4. The number of para-hydroxylation sites is 1. The molecule has 0 aliphatic carbocycles. The fraction of sp³-hybridized carbons (Fsp3) is 0.433. The van der Waals surface area contributed by atoms with Crippen LogP contribution in [0.5, 0.6) is 5.75 Å². The first-order valence-corrected chi connectivity index (χ1v) is 12.8. The molecule has 196 valence electrons. The summed E-state index contributed by atoms with van der Waals surface area (Å²) in [5, 5.41) is 4.12. The van der Waals surface area contributed by atoms with E-state index in [1.165, 1.54) is 0 Å². The summed E-state index contributed by atoms with van der Waals surface area (Å²) < 4.78 is 5.44. The van der Waals surface area contributed by atoms with E-state index in [0.29, 0.717) is 18.7 Å². The largest absolute Gasteiger partial charge is 0.497 e. The van der Waals surface area contributed by atoms with Crippen LogP contribution in [0.25, 0.3) is 10.9 Å². The molecule has 7 nitrogen and oxygen atoms in total. The highest BCUT2D eigenvalue weighted by atomic mass is 16.5. The minimum Gasteiger partial charge on any atom is -0.497 e. The molecule has 3 amide bonds. The first kappa shape index (κ1) is 26.5. The Kier molecular flexibility index (Phi) is 7.18. The van der Waals surface area contributed by atoms with Crippen molar-refractivity contribution in [2.75, 3.05) is 19.0 Å². The van der Waals surface area contributed by atoms with E-state index in [-0.39, 0.29) is 23.5 Å². The number of carbonyl (C=O) groups excluding carboxylic acids is 2. The van der Waals surface area contributed by atoms with Crippen molar-refractivity contribution in [3.63, 3.8) is 0 Å². The van der Waals surface area contributed by atoms with Crippen molar-refractivity contribution in [1.82, 2.24) is 14.8 Å². The van der Waals surface area contributed by atoms with E-state index in [0.717, 1.165) is 22.2 Å². The molecule has 0 bridgehead atoms. The second-order valence-electron chi connectivity index (χ2n) is 11.7. The number of benzene rings is 2. The summed E-state index contributed by atoms with van der Waals surface area (Å²) in [4.78, 5) is 36.1. The highest BCUT2D eigenvalue weighted by molar-refractivity contribution is 6.01. The van der Waals surface area contributed by atoms with E-state index < -0.39 is 11.5 Å². The molecule has 37 heavy (non-hydrogen) atoms. The fourth-order valence-electron chi connectivity index (χ4n) is 5.16. The van der Waals surface area contributed by atoms with Gasteiger partial charge in [0, 0.05) is 29.2 Å². The van der Waals surface area contributed by atoms with Crippen LogP contribution in [0.2, 0.25) is 0 Å². The predicted octanol–water partition coefficient (Wildman–Crippen LogP) is 5.74. The zero-order valence-corrected chi connectivity index (χ0v) is 22.9. The van der Waals surface area contributed by atoms with Gasteiger partial charge in [-0.25, -0.2) is 4.79 Å². The third-order valence-electron chi connectivity index (χ3n) is 6.95. The molecular formula is C30H38N4O3. The highest BCUT2D eigenvalue weighted by Gasteiger charge is 2.50. The topological polar surface area (TPSA) is 74.8 Å². The summed E-state index contributed by atoms with van der Waals surface area (Å²) in [5.41, 5.74) is 1.55. The SMILES string of the molecule is COc1cccc(CC(C(=O)Nc2cccc3cccnc23)C2CN(C(C)(C)C)C(=O)N2C(C)(C)C)c1. The van der Waals surface area contributed by atoms with Gasteiger partial charge in [0.1, 0.15) is 5.75 Å². The third kappa shape index (κ3) is 5.55. The first-order valence-electron chi connectivity index (χ1n) is 12.8. The van der Waals surface area contributed by atoms with E-state index in [1.807, 2.05) is 106 Å². The number of pyridine rings is 1. The van der Waals surface area contributed by atoms with Crippen molar-refractivity contribution in [2.24, 2.45) is 5.92 Å². The van der Waals surface area contributed by atoms with Gasteiger partial charge in [-0.05, 0) is 77.8 Å². The summed E-state index contributed by atoms with van der Waals surface area (Å²) in [5.74, 6) is 0.104. The number of aromatic nitrogens is 1. The highest BCUT2D eigenvalue weighted by Crippen LogP contribution is 2.36. The lowest BCUT2D eigenvalue weighted by Crippen LogP contribution is -2.53. The lowest BCUT2D eigenvalue weighted by atomic mass is 9.88. The molecule has 4 rings (SSSR count). The summed E-state index contributed by atoms with van der Waals surface area (Å²) in [6, 6.07) is 17.0. The molecule has 1 N–H and O–H groups in total. The maximum absolute atomic E-state index is 14.1.